The molecule has 1 aliphatic rings. The number of rotatable bonds is 1. The first-order chi connectivity index (χ1) is 9.13. The first kappa shape index (κ1) is 13.6. The van der Waals surface area contributed by atoms with Crippen LogP contribution in [0.3, 0.4) is 0 Å². The smallest absolute Gasteiger partial charge is 0.273 e. The van der Waals surface area contributed by atoms with Crippen molar-refractivity contribution in [1.82, 2.24) is 9.88 Å². The van der Waals surface area contributed by atoms with Crippen molar-refractivity contribution >= 4 is 5.91 Å². The average Bonchev–Trinajstić information content (AvgIpc) is 2.75. The zero-order valence-corrected chi connectivity index (χ0v) is 11.4. The van der Waals surface area contributed by atoms with Gasteiger partial charge in [-0.3, -0.25) is 4.79 Å². The monoisotopic (exact) mass is 257 g/mol. The van der Waals surface area contributed by atoms with Gasteiger partial charge in [0.05, 0.1) is 12.1 Å². The van der Waals surface area contributed by atoms with E-state index in [0.29, 0.717) is 17.2 Å². The molecule has 1 amide bonds. The van der Waals surface area contributed by atoms with Gasteiger partial charge in [0.2, 0.25) is 0 Å². The molecule has 1 aliphatic heterocycles. The lowest BCUT2D eigenvalue weighted by Gasteiger charge is -2.21. The number of nitrogens with zero attached hydrogens (tertiary/aromatic N) is 2. The van der Waals surface area contributed by atoms with Crippen LogP contribution in [0.25, 0.3) is 0 Å². The molecule has 2 unspecified atom stereocenters. The molecule has 1 fully saturated rings. The number of carbonyl (C=O) groups excluding carboxylic acids is 1. The van der Waals surface area contributed by atoms with Crippen molar-refractivity contribution in [3.05, 3.63) is 29.6 Å². The molecule has 1 aromatic heterocycles. The lowest BCUT2D eigenvalue weighted by atomic mass is 10.1. The zero-order valence-electron chi connectivity index (χ0n) is 11.4. The molecule has 0 spiro atoms. The van der Waals surface area contributed by atoms with E-state index in [2.05, 4.69) is 30.7 Å². The van der Waals surface area contributed by atoms with E-state index in [9.17, 15) is 4.79 Å². The predicted molar refractivity (Wildman–Crippen MR) is 74.4 cm³/mol. The van der Waals surface area contributed by atoms with Crippen LogP contribution in [0.2, 0.25) is 0 Å². The van der Waals surface area contributed by atoms with Crippen LogP contribution in [-0.2, 0) is 0 Å². The summed E-state index contributed by atoms with van der Waals surface area (Å²) < 4.78 is 0. The first-order valence-corrected chi connectivity index (χ1v) is 6.58. The topological polar surface area (TPSA) is 59.2 Å². The van der Waals surface area contributed by atoms with Gasteiger partial charge >= 0.3 is 0 Å². The van der Waals surface area contributed by atoms with Gasteiger partial charge in [0.15, 0.2) is 0 Å². The van der Waals surface area contributed by atoms with Crippen molar-refractivity contribution in [2.24, 2.45) is 11.7 Å². The molecule has 4 heteroatoms. The fourth-order valence-corrected chi connectivity index (χ4v) is 2.54. The molecule has 0 saturated carbocycles. The molecule has 2 atom stereocenters. The minimum absolute atomic E-state index is 0.0289. The number of aromatic nitrogens is 1. The summed E-state index contributed by atoms with van der Waals surface area (Å²) in [6, 6.07) is 3.86. The lowest BCUT2D eigenvalue weighted by Crippen LogP contribution is -2.35. The summed E-state index contributed by atoms with van der Waals surface area (Å²) in [6.07, 6.45) is 2.67. The number of carbonyl (C=O) groups is 1. The molecule has 0 radical (unpaired) electrons. The van der Waals surface area contributed by atoms with Crippen LogP contribution in [0.5, 0.6) is 0 Å². The second-order valence-corrected chi connectivity index (χ2v) is 5.05. The molecular weight excluding hydrogens is 238 g/mol. The predicted octanol–water partition coefficient (Wildman–Crippen LogP) is 1.26. The fourth-order valence-electron chi connectivity index (χ4n) is 2.54. The lowest BCUT2D eigenvalue weighted by molar-refractivity contribution is 0.0737. The molecule has 0 aliphatic carbocycles. The van der Waals surface area contributed by atoms with Crippen LogP contribution >= 0.6 is 0 Å². The van der Waals surface area contributed by atoms with Crippen molar-refractivity contribution in [2.75, 3.05) is 13.1 Å². The van der Waals surface area contributed by atoms with Crippen LogP contribution in [0, 0.1) is 17.8 Å². The summed E-state index contributed by atoms with van der Waals surface area (Å²) in [5, 5.41) is 0. The zero-order chi connectivity index (χ0) is 13.8. The molecule has 19 heavy (non-hydrogen) atoms. The van der Waals surface area contributed by atoms with E-state index >= 15 is 0 Å². The normalized spacial score (nSPS) is 21.9. The molecule has 0 aromatic carbocycles. The van der Waals surface area contributed by atoms with Gasteiger partial charge in [-0.15, -0.1) is 0 Å². The minimum atomic E-state index is -0.0289. The molecule has 2 N–H and O–H groups in total. The van der Waals surface area contributed by atoms with Gasteiger partial charge in [0, 0.05) is 18.8 Å². The standard InChI is InChI=1S/C15H19N3O/c1-11-9-12(2)18(10-11)15(19)14-13(5-3-7-16)6-4-8-17-14/h4,6,8,11-12H,7,9-10,16H2,1-2H3. The maximum absolute atomic E-state index is 12.6. The molecule has 2 rings (SSSR count). The molecular formula is C15H19N3O. The van der Waals surface area contributed by atoms with Crippen molar-refractivity contribution in [3.63, 3.8) is 0 Å². The first-order valence-electron chi connectivity index (χ1n) is 6.58. The summed E-state index contributed by atoms with van der Waals surface area (Å²) in [5.74, 6) is 6.21. The maximum Gasteiger partial charge on any atom is 0.273 e. The second kappa shape index (κ2) is 5.85. The van der Waals surface area contributed by atoms with Gasteiger partial charge < -0.3 is 10.6 Å². The Hall–Kier alpha value is -1.86. The van der Waals surface area contributed by atoms with Crippen LogP contribution in [0.15, 0.2) is 18.3 Å². The highest BCUT2D eigenvalue weighted by Crippen LogP contribution is 2.24. The van der Waals surface area contributed by atoms with Crippen molar-refractivity contribution < 1.29 is 4.79 Å². The number of pyridine rings is 1. The minimum Gasteiger partial charge on any atom is -0.334 e. The highest BCUT2D eigenvalue weighted by Gasteiger charge is 2.31. The summed E-state index contributed by atoms with van der Waals surface area (Å²) in [4.78, 5) is 18.6. The third kappa shape index (κ3) is 2.94. The fraction of sp³-hybridized carbons (Fsp3) is 0.467. The Morgan fingerprint density at radius 1 is 1.58 bits per heavy atom. The maximum atomic E-state index is 12.6. The Kier molecular flexibility index (Phi) is 4.18. The van der Waals surface area contributed by atoms with Crippen molar-refractivity contribution in [3.8, 4) is 11.8 Å². The SMILES string of the molecule is CC1CC(C)N(C(=O)c2ncccc2C#CCN)C1. The Morgan fingerprint density at radius 2 is 2.37 bits per heavy atom. The van der Waals surface area contributed by atoms with Crippen LogP contribution < -0.4 is 5.73 Å². The van der Waals surface area contributed by atoms with E-state index in [4.69, 9.17) is 5.73 Å². The largest absolute Gasteiger partial charge is 0.334 e. The van der Waals surface area contributed by atoms with Gasteiger partial charge in [0.25, 0.3) is 5.91 Å². The summed E-state index contributed by atoms with van der Waals surface area (Å²) in [6.45, 7) is 5.31. The molecule has 100 valence electrons. The molecule has 1 saturated heterocycles. The van der Waals surface area contributed by atoms with E-state index in [0.717, 1.165) is 13.0 Å². The Balaban J connectivity index is 2.29. The van der Waals surface area contributed by atoms with Gasteiger partial charge in [0.1, 0.15) is 5.69 Å². The Morgan fingerprint density at radius 3 is 3.00 bits per heavy atom. The van der Waals surface area contributed by atoms with E-state index in [-0.39, 0.29) is 18.5 Å². The Bertz CT molecular complexity index is 530. The van der Waals surface area contributed by atoms with Crippen LogP contribution in [-0.4, -0.2) is 34.9 Å². The number of likely N-dealkylation sites (tertiary alicyclic amines) is 1. The number of hydrogen-bond acceptors (Lipinski definition) is 3. The average molecular weight is 257 g/mol. The number of amides is 1. The summed E-state index contributed by atoms with van der Waals surface area (Å²) in [5.41, 5.74) is 6.47. The number of nitrogens with two attached hydrogens (primary N) is 1. The van der Waals surface area contributed by atoms with Crippen LogP contribution in [0.4, 0.5) is 0 Å². The third-order valence-corrected chi connectivity index (χ3v) is 3.38. The molecule has 2 heterocycles. The van der Waals surface area contributed by atoms with E-state index in [1.54, 1.807) is 12.3 Å². The molecule has 0 bridgehead atoms. The highest BCUT2D eigenvalue weighted by atomic mass is 16.2. The second-order valence-electron chi connectivity index (χ2n) is 5.05. The van der Waals surface area contributed by atoms with Crippen molar-refractivity contribution in [2.45, 2.75) is 26.3 Å². The van der Waals surface area contributed by atoms with E-state index in [1.165, 1.54) is 0 Å². The summed E-state index contributed by atoms with van der Waals surface area (Å²) in [7, 11) is 0. The van der Waals surface area contributed by atoms with Gasteiger partial charge in [-0.25, -0.2) is 4.98 Å². The summed E-state index contributed by atoms with van der Waals surface area (Å²) >= 11 is 0. The highest BCUT2D eigenvalue weighted by molar-refractivity contribution is 5.95. The van der Waals surface area contributed by atoms with Gasteiger partial charge in [-0.2, -0.15) is 0 Å². The van der Waals surface area contributed by atoms with Gasteiger partial charge in [-0.05, 0) is 31.4 Å². The van der Waals surface area contributed by atoms with E-state index in [1.807, 2.05) is 11.0 Å². The van der Waals surface area contributed by atoms with E-state index < -0.39 is 0 Å². The molecule has 1 aromatic rings. The van der Waals surface area contributed by atoms with Crippen molar-refractivity contribution in [1.29, 1.82) is 0 Å². The number of hydrogen-bond donors (Lipinski definition) is 1. The quantitative estimate of drug-likeness (QED) is 0.771. The molecule has 4 nitrogen and oxygen atoms in total. The van der Waals surface area contributed by atoms with Gasteiger partial charge in [-0.1, -0.05) is 18.8 Å². The Labute approximate surface area is 114 Å². The third-order valence-electron chi connectivity index (χ3n) is 3.38. The van der Waals surface area contributed by atoms with Crippen LogP contribution in [0.1, 0.15) is 36.3 Å².